The minimum atomic E-state index is 0. The van der Waals surface area contributed by atoms with E-state index in [1.807, 2.05) is 33.3 Å². The zero-order chi connectivity index (χ0) is 23.2. The molecule has 0 amide bonds. The Morgan fingerprint density at radius 3 is 2.25 bits per heavy atom. The molecule has 0 aromatic carbocycles. The molecular weight excluding hydrogens is 384 g/mol. The second-order valence-electron chi connectivity index (χ2n) is 12.1. The summed E-state index contributed by atoms with van der Waals surface area (Å²) in [6, 6.07) is 0. The molecule has 0 aliphatic heterocycles. The Kier molecular flexibility index (Phi) is 12.1. The highest BCUT2D eigenvalue weighted by atomic mass is 14.6. The summed E-state index contributed by atoms with van der Waals surface area (Å²) in [5.74, 6) is 5.88. The van der Waals surface area contributed by atoms with Crippen LogP contribution in [-0.2, 0) is 0 Å². The Morgan fingerprint density at radius 1 is 0.906 bits per heavy atom. The molecule has 0 heteroatoms. The predicted molar refractivity (Wildman–Crippen MR) is 147 cm³/mol. The molecule has 0 heterocycles. The van der Waals surface area contributed by atoms with Gasteiger partial charge >= 0.3 is 0 Å². The lowest BCUT2D eigenvalue weighted by molar-refractivity contribution is -0.0450. The van der Waals surface area contributed by atoms with E-state index in [4.69, 9.17) is 0 Å². The molecule has 7 atom stereocenters. The van der Waals surface area contributed by atoms with Crippen molar-refractivity contribution in [2.45, 2.75) is 147 Å². The van der Waals surface area contributed by atoms with E-state index < -0.39 is 0 Å². The van der Waals surface area contributed by atoms with Gasteiger partial charge in [-0.05, 0) is 104 Å². The van der Waals surface area contributed by atoms with Gasteiger partial charge < -0.3 is 0 Å². The summed E-state index contributed by atoms with van der Waals surface area (Å²) in [6.07, 6.45) is 20.6. The first-order valence-electron chi connectivity index (χ1n) is 14.5. The Hall–Kier alpha value is -0.260. The van der Waals surface area contributed by atoms with Gasteiger partial charge in [0.05, 0.1) is 0 Å². The van der Waals surface area contributed by atoms with Crippen LogP contribution >= 0.6 is 0 Å². The van der Waals surface area contributed by atoms with Gasteiger partial charge in [0, 0.05) is 0 Å². The standard InChI is InChI=1S/C27H46.2C2H6.CH4/c1-19(2)8-6-7-9-21-11-13-24-23-12-10-22-18-20(3)14-16-27(22,5)25(23)15-17-26(21,24)4;2*1-2;/h10,19-21,23-25H,6-9,11-18H2,1-5H3;2*1-2H3;1H4/t20?,21?,23?,24?,25?,26?,27-;;;/m0.../s1. The van der Waals surface area contributed by atoms with E-state index in [1.165, 1.54) is 70.6 Å². The zero-order valence-corrected chi connectivity index (χ0v) is 23.0. The van der Waals surface area contributed by atoms with E-state index in [-0.39, 0.29) is 7.43 Å². The van der Waals surface area contributed by atoms with E-state index in [1.54, 1.807) is 6.42 Å². The average Bonchev–Trinajstić information content (AvgIpc) is 3.11. The monoisotopic (exact) mass is 446 g/mol. The highest BCUT2D eigenvalue weighted by Gasteiger charge is 2.58. The average molecular weight is 447 g/mol. The highest BCUT2D eigenvalue weighted by Crippen LogP contribution is 2.67. The first-order valence-corrected chi connectivity index (χ1v) is 14.5. The van der Waals surface area contributed by atoms with Gasteiger partial charge in [-0.3, -0.25) is 0 Å². The molecule has 4 aliphatic carbocycles. The molecule has 0 N–H and O–H groups in total. The van der Waals surface area contributed by atoms with Gasteiger partial charge in [0.15, 0.2) is 0 Å². The molecule has 0 radical (unpaired) electrons. The van der Waals surface area contributed by atoms with Crippen LogP contribution in [0.4, 0.5) is 0 Å². The van der Waals surface area contributed by atoms with Crippen LogP contribution in [0.15, 0.2) is 11.6 Å². The lowest BCUT2D eigenvalue weighted by Crippen LogP contribution is -2.49. The second kappa shape index (κ2) is 13.0. The number of unbranched alkanes of at least 4 members (excludes halogenated alkanes) is 1. The molecule has 0 spiro atoms. The third kappa shape index (κ3) is 5.86. The van der Waals surface area contributed by atoms with E-state index in [0.717, 1.165) is 35.5 Å². The summed E-state index contributed by atoms with van der Waals surface area (Å²) in [5.41, 5.74) is 3.10. The minimum Gasteiger partial charge on any atom is -0.0845 e. The van der Waals surface area contributed by atoms with Crippen LogP contribution < -0.4 is 0 Å². The fourth-order valence-corrected chi connectivity index (χ4v) is 8.37. The van der Waals surface area contributed by atoms with Gasteiger partial charge in [-0.15, -0.1) is 0 Å². The van der Waals surface area contributed by atoms with Crippen molar-refractivity contribution >= 4 is 0 Å². The molecule has 3 saturated carbocycles. The number of rotatable bonds is 5. The van der Waals surface area contributed by atoms with Crippen molar-refractivity contribution in [2.24, 2.45) is 46.3 Å². The smallest absolute Gasteiger partial charge is 0.00851 e. The van der Waals surface area contributed by atoms with Crippen molar-refractivity contribution in [2.75, 3.05) is 0 Å². The molecular formula is C32H62. The van der Waals surface area contributed by atoms with Crippen LogP contribution in [0.1, 0.15) is 147 Å². The van der Waals surface area contributed by atoms with Crippen LogP contribution in [0.5, 0.6) is 0 Å². The molecule has 0 aromatic heterocycles. The Balaban J connectivity index is 0.000000971. The van der Waals surface area contributed by atoms with Gasteiger partial charge in [-0.25, -0.2) is 0 Å². The second-order valence-corrected chi connectivity index (χ2v) is 12.1. The summed E-state index contributed by atoms with van der Waals surface area (Å²) in [4.78, 5) is 0. The predicted octanol–water partition coefficient (Wildman–Crippen LogP) is 11.1. The molecule has 0 bridgehead atoms. The van der Waals surface area contributed by atoms with Crippen LogP contribution in [0, 0.1) is 46.3 Å². The minimum absolute atomic E-state index is 0. The largest absolute Gasteiger partial charge is 0.0845 e. The molecule has 0 nitrogen and oxygen atoms in total. The first kappa shape index (κ1) is 29.8. The fraction of sp³-hybridized carbons (Fsp3) is 0.938. The zero-order valence-electron chi connectivity index (χ0n) is 23.0. The number of allylic oxidation sites excluding steroid dienone is 2. The van der Waals surface area contributed by atoms with Crippen molar-refractivity contribution in [3.8, 4) is 0 Å². The SMILES string of the molecule is C.CC.CC.CC(C)CCCCC1CCC2C3CC=C4CC(C)CC[C@]4(C)C3CCC12C. The summed E-state index contributed by atoms with van der Waals surface area (Å²) in [6.45, 7) is 20.6. The van der Waals surface area contributed by atoms with Crippen molar-refractivity contribution < 1.29 is 0 Å². The van der Waals surface area contributed by atoms with Crippen molar-refractivity contribution in [1.29, 1.82) is 0 Å². The van der Waals surface area contributed by atoms with Gasteiger partial charge in [0.2, 0.25) is 0 Å². The van der Waals surface area contributed by atoms with Crippen molar-refractivity contribution in [1.82, 2.24) is 0 Å². The maximum absolute atomic E-state index is 2.75. The van der Waals surface area contributed by atoms with Crippen molar-refractivity contribution in [3.05, 3.63) is 11.6 Å². The first-order chi connectivity index (χ1) is 14.8. The van der Waals surface area contributed by atoms with Crippen LogP contribution in [0.3, 0.4) is 0 Å². The highest BCUT2D eigenvalue weighted by molar-refractivity contribution is 5.24. The molecule has 0 aromatic rings. The lowest BCUT2D eigenvalue weighted by Gasteiger charge is -2.58. The van der Waals surface area contributed by atoms with Gasteiger partial charge in [-0.2, -0.15) is 0 Å². The quantitative estimate of drug-likeness (QED) is 0.291. The van der Waals surface area contributed by atoms with E-state index in [9.17, 15) is 0 Å². The topological polar surface area (TPSA) is 0 Å². The molecule has 190 valence electrons. The third-order valence-corrected chi connectivity index (χ3v) is 10.1. The molecule has 4 aliphatic rings. The van der Waals surface area contributed by atoms with E-state index in [0.29, 0.717) is 10.8 Å². The summed E-state index contributed by atoms with van der Waals surface area (Å²) >= 11 is 0. The maximum atomic E-state index is 2.75. The Bertz CT molecular complexity index is 556. The number of hydrogen-bond acceptors (Lipinski definition) is 0. The summed E-state index contributed by atoms with van der Waals surface area (Å²) in [5, 5.41) is 0. The molecule has 32 heavy (non-hydrogen) atoms. The summed E-state index contributed by atoms with van der Waals surface area (Å²) in [7, 11) is 0. The molecule has 4 rings (SSSR count). The van der Waals surface area contributed by atoms with E-state index in [2.05, 4.69) is 40.7 Å². The van der Waals surface area contributed by atoms with Crippen LogP contribution in [0.2, 0.25) is 0 Å². The van der Waals surface area contributed by atoms with Gasteiger partial charge in [0.25, 0.3) is 0 Å². The molecule has 0 saturated heterocycles. The lowest BCUT2D eigenvalue weighted by atomic mass is 9.47. The Labute approximate surface area is 204 Å². The van der Waals surface area contributed by atoms with Crippen molar-refractivity contribution in [3.63, 3.8) is 0 Å². The number of fused-ring (bicyclic) bond motifs is 5. The third-order valence-electron chi connectivity index (χ3n) is 10.1. The van der Waals surface area contributed by atoms with E-state index >= 15 is 0 Å². The maximum Gasteiger partial charge on any atom is -0.00851 e. The summed E-state index contributed by atoms with van der Waals surface area (Å²) < 4.78 is 0. The Morgan fingerprint density at radius 2 is 1.59 bits per heavy atom. The molecule has 6 unspecified atom stereocenters. The molecule has 3 fully saturated rings. The van der Waals surface area contributed by atoms with Gasteiger partial charge in [-0.1, -0.05) is 101 Å². The fourth-order valence-electron chi connectivity index (χ4n) is 8.37. The normalized spacial score (nSPS) is 39.7. The van der Waals surface area contributed by atoms with Crippen LogP contribution in [-0.4, -0.2) is 0 Å². The number of hydrogen-bond donors (Lipinski definition) is 0. The van der Waals surface area contributed by atoms with Crippen LogP contribution in [0.25, 0.3) is 0 Å². The van der Waals surface area contributed by atoms with Gasteiger partial charge in [0.1, 0.15) is 0 Å².